The number of carbonyl (C=O) groups excluding carboxylic acids is 1. The SMILES string of the molecule is O=C(CO/N=C\c1ccc(Cl)cc1)N1CCC(c2ccccc2)=N1. The van der Waals surface area contributed by atoms with Gasteiger partial charge in [-0.2, -0.15) is 5.10 Å². The average molecular weight is 342 g/mol. The molecule has 0 radical (unpaired) electrons. The lowest BCUT2D eigenvalue weighted by Crippen LogP contribution is -2.26. The van der Waals surface area contributed by atoms with Gasteiger partial charge in [0.2, 0.25) is 0 Å². The zero-order chi connectivity index (χ0) is 16.8. The summed E-state index contributed by atoms with van der Waals surface area (Å²) in [4.78, 5) is 17.1. The van der Waals surface area contributed by atoms with Crippen LogP contribution in [0, 0.1) is 0 Å². The Bertz CT molecular complexity index is 758. The van der Waals surface area contributed by atoms with Gasteiger partial charge in [-0.3, -0.25) is 4.79 Å². The van der Waals surface area contributed by atoms with Crippen molar-refractivity contribution in [2.75, 3.05) is 13.2 Å². The van der Waals surface area contributed by atoms with Crippen molar-refractivity contribution >= 4 is 29.4 Å². The number of hydrazone groups is 1. The molecular formula is C18H16ClN3O2. The van der Waals surface area contributed by atoms with E-state index in [-0.39, 0.29) is 12.5 Å². The van der Waals surface area contributed by atoms with Gasteiger partial charge in [-0.25, -0.2) is 5.01 Å². The summed E-state index contributed by atoms with van der Waals surface area (Å²) in [5.41, 5.74) is 2.79. The molecule has 0 aromatic heterocycles. The van der Waals surface area contributed by atoms with Gasteiger partial charge in [0.25, 0.3) is 5.91 Å². The van der Waals surface area contributed by atoms with Crippen LogP contribution in [0.4, 0.5) is 0 Å². The second-order valence-electron chi connectivity index (χ2n) is 5.24. The van der Waals surface area contributed by atoms with Gasteiger partial charge in [0, 0.05) is 11.4 Å². The van der Waals surface area contributed by atoms with Crippen molar-refractivity contribution in [1.29, 1.82) is 0 Å². The van der Waals surface area contributed by atoms with Crippen LogP contribution < -0.4 is 0 Å². The van der Waals surface area contributed by atoms with Gasteiger partial charge in [0.05, 0.1) is 18.5 Å². The molecule has 2 aromatic rings. The molecule has 1 aliphatic rings. The maximum Gasteiger partial charge on any atom is 0.283 e. The number of amides is 1. The Hall–Kier alpha value is -2.66. The van der Waals surface area contributed by atoms with Gasteiger partial charge in [0.1, 0.15) is 0 Å². The maximum atomic E-state index is 12.1. The summed E-state index contributed by atoms with van der Waals surface area (Å²) in [5.74, 6) is -0.214. The monoisotopic (exact) mass is 341 g/mol. The molecule has 0 unspecified atom stereocenters. The molecule has 1 aliphatic heterocycles. The minimum absolute atomic E-state index is 0.143. The minimum Gasteiger partial charge on any atom is -0.386 e. The van der Waals surface area contributed by atoms with E-state index in [2.05, 4.69) is 10.3 Å². The van der Waals surface area contributed by atoms with Crippen molar-refractivity contribution < 1.29 is 9.63 Å². The molecule has 0 saturated heterocycles. The molecule has 0 N–H and O–H groups in total. The normalized spacial score (nSPS) is 14.0. The van der Waals surface area contributed by atoms with E-state index in [0.29, 0.717) is 11.6 Å². The van der Waals surface area contributed by atoms with Gasteiger partial charge in [-0.15, -0.1) is 0 Å². The Labute approximate surface area is 145 Å². The third-order valence-corrected chi connectivity index (χ3v) is 3.78. The van der Waals surface area contributed by atoms with E-state index in [0.717, 1.165) is 23.3 Å². The van der Waals surface area contributed by atoms with Crippen LogP contribution in [0.15, 0.2) is 64.9 Å². The van der Waals surface area contributed by atoms with Crippen LogP contribution in [-0.4, -0.2) is 36.0 Å². The smallest absolute Gasteiger partial charge is 0.283 e. The summed E-state index contributed by atoms with van der Waals surface area (Å²) in [5, 5.41) is 10.2. The first kappa shape index (κ1) is 16.2. The van der Waals surface area contributed by atoms with Crippen LogP contribution in [0.1, 0.15) is 17.5 Å². The quantitative estimate of drug-likeness (QED) is 0.618. The van der Waals surface area contributed by atoms with E-state index in [9.17, 15) is 4.79 Å². The van der Waals surface area contributed by atoms with Crippen molar-refractivity contribution in [3.63, 3.8) is 0 Å². The Kier molecular flexibility index (Phi) is 5.23. The molecule has 6 heteroatoms. The van der Waals surface area contributed by atoms with Crippen molar-refractivity contribution in [3.05, 3.63) is 70.7 Å². The summed E-state index contributed by atoms with van der Waals surface area (Å²) in [7, 11) is 0. The second kappa shape index (κ2) is 7.75. The molecule has 0 spiro atoms. The van der Waals surface area contributed by atoms with Gasteiger partial charge < -0.3 is 4.84 Å². The summed E-state index contributed by atoms with van der Waals surface area (Å²) >= 11 is 5.80. The first-order chi connectivity index (χ1) is 11.7. The fourth-order valence-electron chi connectivity index (χ4n) is 2.28. The molecule has 0 aliphatic carbocycles. The first-order valence-corrected chi connectivity index (χ1v) is 7.94. The second-order valence-corrected chi connectivity index (χ2v) is 5.68. The van der Waals surface area contributed by atoms with Gasteiger partial charge >= 0.3 is 0 Å². The Morgan fingerprint density at radius 1 is 1.21 bits per heavy atom. The van der Waals surface area contributed by atoms with Crippen LogP contribution in [0.2, 0.25) is 5.02 Å². The van der Waals surface area contributed by atoms with E-state index in [1.54, 1.807) is 12.1 Å². The third kappa shape index (κ3) is 4.20. The lowest BCUT2D eigenvalue weighted by atomic mass is 10.1. The Balaban J connectivity index is 1.51. The summed E-state index contributed by atoms with van der Waals surface area (Å²) in [6, 6.07) is 17.0. The van der Waals surface area contributed by atoms with Crippen LogP contribution in [0.25, 0.3) is 0 Å². The van der Waals surface area contributed by atoms with Crippen LogP contribution >= 0.6 is 11.6 Å². The molecule has 1 amide bonds. The highest BCUT2D eigenvalue weighted by atomic mass is 35.5. The summed E-state index contributed by atoms with van der Waals surface area (Å²) < 4.78 is 0. The number of oxime groups is 1. The van der Waals surface area contributed by atoms with Gasteiger partial charge in [-0.1, -0.05) is 59.2 Å². The predicted octanol–water partition coefficient (Wildman–Crippen LogP) is 3.33. The minimum atomic E-state index is -0.214. The fourth-order valence-corrected chi connectivity index (χ4v) is 2.41. The van der Waals surface area contributed by atoms with Crippen LogP contribution in [0.5, 0.6) is 0 Å². The zero-order valence-corrected chi connectivity index (χ0v) is 13.7. The number of halogens is 1. The van der Waals surface area contributed by atoms with E-state index >= 15 is 0 Å². The van der Waals surface area contributed by atoms with E-state index < -0.39 is 0 Å². The highest BCUT2D eigenvalue weighted by Crippen LogP contribution is 2.13. The summed E-state index contributed by atoms with van der Waals surface area (Å²) in [6.45, 7) is 0.420. The highest BCUT2D eigenvalue weighted by molar-refractivity contribution is 6.30. The van der Waals surface area contributed by atoms with Gasteiger partial charge in [0.15, 0.2) is 6.61 Å². The predicted molar refractivity (Wildman–Crippen MR) is 94.3 cm³/mol. The lowest BCUT2D eigenvalue weighted by molar-refractivity contribution is -0.135. The van der Waals surface area contributed by atoms with Crippen LogP contribution in [-0.2, 0) is 9.63 Å². The zero-order valence-electron chi connectivity index (χ0n) is 12.9. The molecule has 5 nitrogen and oxygen atoms in total. The number of rotatable bonds is 5. The molecule has 24 heavy (non-hydrogen) atoms. The lowest BCUT2D eigenvalue weighted by Gasteiger charge is -2.09. The Morgan fingerprint density at radius 3 is 2.71 bits per heavy atom. The third-order valence-electron chi connectivity index (χ3n) is 3.53. The highest BCUT2D eigenvalue weighted by Gasteiger charge is 2.21. The van der Waals surface area contributed by atoms with Crippen LogP contribution in [0.3, 0.4) is 0 Å². The average Bonchev–Trinajstić information content (AvgIpc) is 3.11. The molecule has 0 bridgehead atoms. The molecule has 1 heterocycles. The number of nitrogens with zero attached hydrogens (tertiary/aromatic N) is 3. The number of hydrogen-bond acceptors (Lipinski definition) is 4. The fraction of sp³-hybridized carbons (Fsp3) is 0.167. The topological polar surface area (TPSA) is 54.3 Å². The van der Waals surface area contributed by atoms with E-state index in [4.69, 9.17) is 16.4 Å². The first-order valence-electron chi connectivity index (χ1n) is 7.56. The number of hydrogen-bond donors (Lipinski definition) is 0. The van der Waals surface area contributed by atoms with E-state index in [1.165, 1.54) is 11.2 Å². The maximum absolute atomic E-state index is 12.1. The number of benzene rings is 2. The standard InChI is InChI=1S/C18H16ClN3O2/c19-16-8-6-14(7-9-16)12-20-24-13-18(23)22-11-10-17(21-22)15-4-2-1-3-5-15/h1-9,12H,10-11,13H2/b20-12-. The van der Waals surface area contributed by atoms with Gasteiger partial charge in [-0.05, 0) is 23.3 Å². The largest absolute Gasteiger partial charge is 0.386 e. The molecular weight excluding hydrogens is 326 g/mol. The van der Waals surface area contributed by atoms with Crippen molar-refractivity contribution in [1.82, 2.24) is 5.01 Å². The van der Waals surface area contributed by atoms with Crippen molar-refractivity contribution in [2.24, 2.45) is 10.3 Å². The molecule has 0 fully saturated rings. The number of carbonyl (C=O) groups is 1. The summed E-state index contributed by atoms with van der Waals surface area (Å²) in [6.07, 6.45) is 2.27. The molecule has 3 rings (SSSR count). The Morgan fingerprint density at radius 2 is 1.96 bits per heavy atom. The molecule has 2 aromatic carbocycles. The molecule has 0 atom stereocenters. The van der Waals surface area contributed by atoms with Crippen molar-refractivity contribution in [2.45, 2.75) is 6.42 Å². The van der Waals surface area contributed by atoms with E-state index in [1.807, 2.05) is 42.5 Å². The molecule has 122 valence electrons. The molecule has 0 saturated carbocycles. The van der Waals surface area contributed by atoms with Crippen molar-refractivity contribution in [3.8, 4) is 0 Å².